The Hall–Kier alpha value is -0.280. The van der Waals surface area contributed by atoms with Gasteiger partial charge in [-0.25, -0.2) is 0 Å². The minimum atomic E-state index is -0.0490. The number of amides is 1. The van der Waals surface area contributed by atoms with Crippen LogP contribution in [0.5, 0.6) is 0 Å². The predicted molar refractivity (Wildman–Crippen MR) is 63.2 cm³/mol. The van der Waals surface area contributed by atoms with Gasteiger partial charge >= 0.3 is 0 Å². The van der Waals surface area contributed by atoms with Crippen molar-refractivity contribution >= 4 is 17.5 Å². The van der Waals surface area contributed by atoms with Crippen LogP contribution in [0.15, 0.2) is 0 Å². The van der Waals surface area contributed by atoms with Crippen LogP contribution in [0.1, 0.15) is 20.8 Å². The number of hydrogen-bond donors (Lipinski definition) is 0. The van der Waals surface area contributed by atoms with Gasteiger partial charge in [0.1, 0.15) is 0 Å². The summed E-state index contributed by atoms with van der Waals surface area (Å²) in [6, 6.07) is 0.468. The summed E-state index contributed by atoms with van der Waals surface area (Å²) in [7, 11) is 0. The van der Waals surface area contributed by atoms with E-state index in [-0.39, 0.29) is 11.8 Å². The maximum Gasteiger partial charge on any atom is 0.226 e. The molecule has 1 aliphatic rings. The molecule has 0 aromatic carbocycles. The zero-order valence-electron chi connectivity index (χ0n) is 9.87. The highest BCUT2D eigenvalue weighted by atomic mass is 35.5. The minimum Gasteiger partial charge on any atom is -0.340 e. The highest BCUT2D eigenvalue weighted by molar-refractivity contribution is 6.19. The number of piperazine rings is 1. The Morgan fingerprint density at radius 3 is 2.67 bits per heavy atom. The van der Waals surface area contributed by atoms with E-state index < -0.39 is 0 Å². The second-order valence-corrected chi connectivity index (χ2v) is 4.63. The van der Waals surface area contributed by atoms with Crippen molar-refractivity contribution in [3.63, 3.8) is 0 Å². The van der Waals surface area contributed by atoms with E-state index in [1.54, 1.807) is 0 Å². The van der Waals surface area contributed by atoms with E-state index in [9.17, 15) is 4.79 Å². The van der Waals surface area contributed by atoms with Crippen molar-refractivity contribution in [3.05, 3.63) is 0 Å². The fraction of sp³-hybridized carbons (Fsp3) is 0.909. The summed E-state index contributed by atoms with van der Waals surface area (Å²) in [5.74, 6) is 0.570. The summed E-state index contributed by atoms with van der Waals surface area (Å²) < 4.78 is 0. The monoisotopic (exact) mass is 232 g/mol. The number of hydrogen-bond acceptors (Lipinski definition) is 2. The van der Waals surface area contributed by atoms with Crippen LogP contribution >= 0.6 is 11.6 Å². The first-order chi connectivity index (χ1) is 7.10. The molecule has 1 rings (SSSR count). The average Bonchev–Trinajstić information content (AvgIpc) is 2.26. The van der Waals surface area contributed by atoms with E-state index in [0.717, 1.165) is 26.2 Å². The number of halogens is 1. The Kier molecular flexibility index (Phi) is 4.87. The molecule has 0 bridgehead atoms. The third-order valence-electron chi connectivity index (χ3n) is 3.14. The largest absolute Gasteiger partial charge is 0.340 e. The van der Waals surface area contributed by atoms with Gasteiger partial charge in [0, 0.05) is 37.5 Å². The Balaban J connectivity index is 2.50. The van der Waals surface area contributed by atoms with Crippen LogP contribution in [0.3, 0.4) is 0 Å². The van der Waals surface area contributed by atoms with Gasteiger partial charge in [-0.3, -0.25) is 9.69 Å². The lowest BCUT2D eigenvalue weighted by Crippen LogP contribution is -2.54. The summed E-state index contributed by atoms with van der Waals surface area (Å²) in [4.78, 5) is 16.2. The van der Waals surface area contributed by atoms with E-state index in [2.05, 4.69) is 18.7 Å². The van der Waals surface area contributed by atoms with Crippen molar-refractivity contribution in [3.8, 4) is 0 Å². The smallest absolute Gasteiger partial charge is 0.226 e. The summed E-state index contributed by atoms with van der Waals surface area (Å²) in [5.41, 5.74) is 0. The molecular weight excluding hydrogens is 212 g/mol. The second-order valence-electron chi connectivity index (χ2n) is 4.32. The molecule has 88 valence electrons. The summed E-state index contributed by atoms with van der Waals surface area (Å²) in [6.45, 7) is 9.97. The first-order valence-electron chi connectivity index (χ1n) is 5.69. The third-order valence-corrected chi connectivity index (χ3v) is 3.60. The van der Waals surface area contributed by atoms with Gasteiger partial charge in [-0.1, -0.05) is 13.8 Å². The van der Waals surface area contributed by atoms with Crippen molar-refractivity contribution in [2.75, 3.05) is 32.1 Å². The van der Waals surface area contributed by atoms with Gasteiger partial charge in [-0.05, 0) is 13.5 Å². The standard InChI is InChI=1S/C11H21ClN2O/c1-4-13-5-6-14(8-10(13)3)11(15)9(2)7-12/h9-10H,4-8H2,1-3H3. The van der Waals surface area contributed by atoms with Crippen LogP contribution in [0.2, 0.25) is 0 Å². The molecule has 1 heterocycles. The molecule has 3 nitrogen and oxygen atoms in total. The van der Waals surface area contributed by atoms with Crippen LogP contribution in [0, 0.1) is 5.92 Å². The highest BCUT2D eigenvalue weighted by Gasteiger charge is 2.27. The first kappa shape index (κ1) is 12.8. The Morgan fingerprint density at radius 2 is 2.20 bits per heavy atom. The number of rotatable bonds is 3. The molecule has 1 amide bonds. The molecule has 0 aromatic heterocycles. The maximum absolute atomic E-state index is 11.9. The zero-order valence-corrected chi connectivity index (χ0v) is 10.6. The lowest BCUT2D eigenvalue weighted by Gasteiger charge is -2.40. The molecule has 0 N–H and O–H groups in total. The summed E-state index contributed by atoms with van der Waals surface area (Å²) in [6.07, 6.45) is 0. The average molecular weight is 233 g/mol. The molecule has 0 spiro atoms. The SMILES string of the molecule is CCN1CCN(C(=O)C(C)CCl)CC1C. The van der Waals surface area contributed by atoms with E-state index >= 15 is 0 Å². The van der Waals surface area contributed by atoms with Gasteiger partial charge in [0.2, 0.25) is 5.91 Å². The molecule has 1 saturated heterocycles. The van der Waals surface area contributed by atoms with Crippen molar-refractivity contribution in [1.82, 2.24) is 9.80 Å². The van der Waals surface area contributed by atoms with Crippen LogP contribution < -0.4 is 0 Å². The number of nitrogens with zero attached hydrogens (tertiary/aromatic N) is 2. The van der Waals surface area contributed by atoms with Crippen molar-refractivity contribution < 1.29 is 4.79 Å². The molecule has 0 aromatic rings. The Bertz CT molecular complexity index is 223. The van der Waals surface area contributed by atoms with Crippen molar-refractivity contribution in [2.45, 2.75) is 26.8 Å². The van der Waals surface area contributed by atoms with E-state index in [0.29, 0.717) is 11.9 Å². The summed E-state index contributed by atoms with van der Waals surface area (Å²) >= 11 is 5.70. The number of likely N-dealkylation sites (N-methyl/N-ethyl adjacent to an activating group) is 1. The van der Waals surface area contributed by atoms with Gasteiger partial charge in [-0.15, -0.1) is 11.6 Å². The maximum atomic E-state index is 11.9. The molecule has 0 saturated carbocycles. The topological polar surface area (TPSA) is 23.6 Å². The fourth-order valence-electron chi connectivity index (χ4n) is 2.04. The van der Waals surface area contributed by atoms with Gasteiger partial charge in [0.15, 0.2) is 0 Å². The molecule has 15 heavy (non-hydrogen) atoms. The third kappa shape index (κ3) is 3.08. The molecule has 4 heteroatoms. The number of carbonyl (C=O) groups is 1. The highest BCUT2D eigenvalue weighted by Crippen LogP contribution is 2.12. The first-order valence-corrected chi connectivity index (χ1v) is 6.22. The molecule has 2 atom stereocenters. The lowest BCUT2D eigenvalue weighted by atomic mass is 10.1. The zero-order chi connectivity index (χ0) is 11.4. The number of carbonyl (C=O) groups excluding carboxylic acids is 1. The predicted octanol–water partition coefficient (Wildman–Crippen LogP) is 1.41. The van der Waals surface area contributed by atoms with Crippen LogP contribution in [-0.2, 0) is 4.79 Å². The Morgan fingerprint density at radius 1 is 1.53 bits per heavy atom. The molecule has 0 radical (unpaired) electrons. The van der Waals surface area contributed by atoms with Gasteiger partial charge < -0.3 is 4.90 Å². The van der Waals surface area contributed by atoms with Crippen molar-refractivity contribution in [2.24, 2.45) is 5.92 Å². The van der Waals surface area contributed by atoms with E-state index in [4.69, 9.17) is 11.6 Å². The number of alkyl halides is 1. The van der Waals surface area contributed by atoms with Crippen LogP contribution in [0.25, 0.3) is 0 Å². The minimum absolute atomic E-state index is 0.0490. The van der Waals surface area contributed by atoms with E-state index in [1.165, 1.54) is 0 Å². The van der Waals surface area contributed by atoms with Crippen LogP contribution in [-0.4, -0.2) is 53.8 Å². The van der Waals surface area contributed by atoms with Gasteiger partial charge in [0.05, 0.1) is 0 Å². The molecule has 1 fully saturated rings. The second kappa shape index (κ2) is 5.71. The van der Waals surface area contributed by atoms with Gasteiger partial charge in [-0.2, -0.15) is 0 Å². The van der Waals surface area contributed by atoms with Gasteiger partial charge in [0.25, 0.3) is 0 Å². The molecular formula is C11H21ClN2O. The van der Waals surface area contributed by atoms with Crippen molar-refractivity contribution in [1.29, 1.82) is 0 Å². The molecule has 2 unspecified atom stereocenters. The summed E-state index contributed by atoms with van der Waals surface area (Å²) in [5, 5.41) is 0. The molecule has 1 aliphatic heterocycles. The molecule has 0 aliphatic carbocycles. The quantitative estimate of drug-likeness (QED) is 0.688. The lowest BCUT2D eigenvalue weighted by molar-refractivity contribution is -0.137. The van der Waals surface area contributed by atoms with Crippen LogP contribution in [0.4, 0.5) is 0 Å². The fourth-order valence-corrected chi connectivity index (χ4v) is 2.17. The van der Waals surface area contributed by atoms with E-state index in [1.807, 2.05) is 11.8 Å². The Labute approximate surface area is 97.4 Å². The normalized spacial score (nSPS) is 25.3.